The van der Waals surface area contributed by atoms with E-state index in [2.05, 4.69) is 23.7 Å². The zero-order valence-corrected chi connectivity index (χ0v) is 17.3. The summed E-state index contributed by atoms with van der Waals surface area (Å²) in [6.07, 6.45) is -3.03. The Bertz CT molecular complexity index is 982. The van der Waals surface area contributed by atoms with E-state index in [0.29, 0.717) is 5.92 Å². The van der Waals surface area contributed by atoms with Crippen LogP contribution >= 0.6 is 0 Å². The molecule has 0 aliphatic carbocycles. The number of nitriles is 1. The SMILES string of the molecule is Cc1cc(C=C(C#N)C(=O)Nc2ccccc2OCC(F)(F)F)c(C)n1CC(C)C. The van der Waals surface area contributed by atoms with Crippen molar-refractivity contribution >= 4 is 17.7 Å². The summed E-state index contributed by atoms with van der Waals surface area (Å²) in [4.78, 5) is 12.6. The minimum Gasteiger partial charge on any atom is -0.482 e. The molecular weight excluding hydrogens is 395 g/mol. The highest BCUT2D eigenvalue weighted by Crippen LogP contribution is 2.27. The normalized spacial score (nSPS) is 12.0. The molecule has 5 nitrogen and oxygen atoms in total. The van der Waals surface area contributed by atoms with Crippen molar-refractivity contribution in [2.75, 3.05) is 11.9 Å². The number of carbonyl (C=O) groups is 1. The largest absolute Gasteiger partial charge is 0.482 e. The molecule has 8 heteroatoms. The monoisotopic (exact) mass is 419 g/mol. The van der Waals surface area contributed by atoms with E-state index >= 15 is 0 Å². The predicted molar refractivity (Wildman–Crippen MR) is 109 cm³/mol. The Kier molecular flexibility index (Phi) is 7.33. The Hall–Kier alpha value is -3.21. The Morgan fingerprint density at radius 2 is 1.97 bits per heavy atom. The van der Waals surface area contributed by atoms with Gasteiger partial charge in [-0.3, -0.25) is 4.79 Å². The van der Waals surface area contributed by atoms with Crippen molar-refractivity contribution in [2.45, 2.75) is 40.4 Å². The molecule has 1 aromatic heterocycles. The van der Waals surface area contributed by atoms with E-state index in [9.17, 15) is 23.2 Å². The molecule has 0 aliphatic rings. The van der Waals surface area contributed by atoms with Gasteiger partial charge in [0.2, 0.25) is 0 Å². The average Bonchev–Trinajstić information content (AvgIpc) is 2.91. The summed E-state index contributed by atoms with van der Waals surface area (Å²) in [6, 6.07) is 9.52. The number of aromatic nitrogens is 1. The molecule has 1 aromatic carbocycles. The highest BCUT2D eigenvalue weighted by atomic mass is 19.4. The fourth-order valence-electron chi connectivity index (χ4n) is 2.97. The minimum absolute atomic E-state index is 0.0539. The molecular formula is C22H24F3N3O2. The molecule has 0 radical (unpaired) electrons. The molecule has 1 N–H and O–H groups in total. The molecule has 0 saturated heterocycles. The van der Waals surface area contributed by atoms with Crippen LogP contribution in [0.2, 0.25) is 0 Å². The maximum Gasteiger partial charge on any atom is 0.422 e. The van der Waals surface area contributed by atoms with E-state index in [0.717, 1.165) is 23.5 Å². The highest BCUT2D eigenvalue weighted by molar-refractivity contribution is 6.10. The number of anilines is 1. The number of rotatable bonds is 7. The second-order valence-corrected chi connectivity index (χ2v) is 7.35. The van der Waals surface area contributed by atoms with Crippen LogP contribution in [0.3, 0.4) is 0 Å². The zero-order chi connectivity index (χ0) is 22.5. The van der Waals surface area contributed by atoms with E-state index in [1.807, 2.05) is 26.0 Å². The molecule has 0 saturated carbocycles. The molecule has 0 aliphatic heterocycles. The molecule has 1 amide bonds. The number of benzene rings is 1. The lowest BCUT2D eigenvalue weighted by Crippen LogP contribution is -2.20. The van der Waals surface area contributed by atoms with Crippen LogP contribution in [-0.4, -0.2) is 23.3 Å². The maximum atomic E-state index is 12.6. The van der Waals surface area contributed by atoms with Crippen LogP contribution < -0.4 is 10.1 Å². The fraction of sp³-hybridized carbons (Fsp3) is 0.364. The van der Waals surface area contributed by atoms with Gasteiger partial charge in [-0.05, 0) is 49.6 Å². The zero-order valence-electron chi connectivity index (χ0n) is 17.3. The van der Waals surface area contributed by atoms with Gasteiger partial charge in [0.25, 0.3) is 5.91 Å². The van der Waals surface area contributed by atoms with Gasteiger partial charge in [-0.1, -0.05) is 26.0 Å². The first-order valence-electron chi connectivity index (χ1n) is 9.40. The molecule has 0 fully saturated rings. The van der Waals surface area contributed by atoms with Gasteiger partial charge < -0.3 is 14.6 Å². The summed E-state index contributed by atoms with van der Waals surface area (Å²) in [5, 5.41) is 11.9. The quantitative estimate of drug-likeness (QED) is 0.493. The van der Waals surface area contributed by atoms with Crippen molar-refractivity contribution in [3.05, 3.63) is 52.9 Å². The predicted octanol–water partition coefficient (Wildman–Crippen LogP) is 5.25. The van der Waals surface area contributed by atoms with Crippen LogP contribution in [0.4, 0.5) is 18.9 Å². The first-order chi connectivity index (χ1) is 14.0. The Balaban J connectivity index is 2.26. The van der Waals surface area contributed by atoms with Gasteiger partial charge in [-0.2, -0.15) is 18.4 Å². The second-order valence-electron chi connectivity index (χ2n) is 7.35. The fourth-order valence-corrected chi connectivity index (χ4v) is 2.97. The van der Waals surface area contributed by atoms with Crippen molar-refractivity contribution in [1.29, 1.82) is 5.26 Å². The van der Waals surface area contributed by atoms with Gasteiger partial charge in [-0.15, -0.1) is 0 Å². The van der Waals surface area contributed by atoms with E-state index in [-0.39, 0.29) is 17.0 Å². The number of alkyl halides is 3. The molecule has 1 heterocycles. The van der Waals surface area contributed by atoms with Crippen LogP contribution in [0.1, 0.15) is 30.8 Å². The molecule has 0 spiro atoms. The first kappa shape index (κ1) is 23.1. The van der Waals surface area contributed by atoms with Crippen LogP contribution in [-0.2, 0) is 11.3 Å². The lowest BCUT2D eigenvalue weighted by molar-refractivity contribution is -0.153. The van der Waals surface area contributed by atoms with Crippen LogP contribution in [0.25, 0.3) is 6.08 Å². The summed E-state index contributed by atoms with van der Waals surface area (Å²) >= 11 is 0. The van der Waals surface area contributed by atoms with Crippen molar-refractivity contribution in [3.63, 3.8) is 0 Å². The summed E-state index contributed by atoms with van der Waals surface area (Å²) < 4.78 is 44.2. The Labute approximate surface area is 173 Å². The molecule has 160 valence electrons. The number of hydrogen-bond acceptors (Lipinski definition) is 3. The third-order valence-electron chi connectivity index (χ3n) is 4.35. The van der Waals surface area contributed by atoms with Gasteiger partial charge in [0, 0.05) is 17.9 Å². The third-order valence-corrected chi connectivity index (χ3v) is 4.35. The van der Waals surface area contributed by atoms with Gasteiger partial charge in [-0.25, -0.2) is 0 Å². The number of aryl methyl sites for hydroxylation is 1. The van der Waals surface area contributed by atoms with Gasteiger partial charge in [0.15, 0.2) is 6.61 Å². The van der Waals surface area contributed by atoms with E-state index < -0.39 is 18.7 Å². The second kappa shape index (κ2) is 9.53. The number of nitrogens with zero attached hydrogens (tertiary/aromatic N) is 2. The standard InChI is InChI=1S/C22H24F3N3O2/c1-14(2)12-28-15(3)9-17(16(28)4)10-18(11-26)21(29)27-19-7-5-6-8-20(19)30-13-22(23,24)25/h5-10,14H,12-13H2,1-4H3,(H,27,29). The molecule has 0 atom stereocenters. The van der Waals surface area contributed by atoms with Crippen LogP contribution in [0.15, 0.2) is 35.9 Å². The molecule has 0 unspecified atom stereocenters. The maximum absolute atomic E-state index is 12.6. The Morgan fingerprint density at radius 1 is 1.30 bits per heavy atom. The van der Waals surface area contributed by atoms with Gasteiger partial charge in [0.1, 0.15) is 17.4 Å². The molecule has 2 aromatic rings. The molecule has 2 rings (SSSR count). The van der Waals surface area contributed by atoms with Gasteiger partial charge in [0.05, 0.1) is 5.69 Å². The number of hydrogen-bond donors (Lipinski definition) is 1. The van der Waals surface area contributed by atoms with Crippen molar-refractivity contribution in [1.82, 2.24) is 4.57 Å². The van der Waals surface area contributed by atoms with E-state index in [1.54, 1.807) is 6.07 Å². The van der Waals surface area contributed by atoms with E-state index in [4.69, 9.17) is 4.74 Å². The molecule has 0 bridgehead atoms. The Morgan fingerprint density at radius 3 is 2.57 bits per heavy atom. The van der Waals surface area contributed by atoms with Crippen LogP contribution in [0, 0.1) is 31.1 Å². The van der Waals surface area contributed by atoms with Crippen LogP contribution in [0.5, 0.6) is 5.75 Å². The number of halogens is 3. The topological polar surface area (TPSA) is 67.1 Å². The summed E-state index contributed by atoms with van der Waals surface area (Å²) in [6.45, 7) is 7.38. The number of amides is 1. The number of carbonyl (C=O) groups excluding carboxylic acids is 1. The summed E-state index contributed by atoms with van der Waals surface area (Å²) in [5.74, 6) is -0.427. The minimum atomic E-state index is -4.51. The van der Waals surface area contributed by atoms with Crippen molar-refractivity contribution in [2.24, 2.45) is 5.92 Å². The van der Waals surface area contributed by atoms with Crippen molar-refractivity contribution in [3.8, 4) is 11.8 Å². The van der Waals surface area contributed by atoms with Gasteiger partial charge >= 0.3 is 6.18 Å². The lowest BCUT2D eigenvalue weighted by Gasteiger charge is -2.13. The summed E-state index contributed by atoms with van der Waals surface area (Å²) in [7, 11) is 0. The number of ether oxygens (including phenoxy) is 1. The highest BCUT2D eigenvalue weighted by Gasteiger charge is 2.29. The average molecular weight is 419 g/mol. The number of nitrogens with one attached hydrogen (secondary N) is 1. The molecule has 30 heavy (non-hydrogen) atoms. The first-order valence-corrected chi connectivity index (χ1v) is 9.40. The van der Waals surface area contributed by atoms with E-state index in [1.165, 1.54) is 24.3 Å². The lowest BCUT2D eigenvalue weighted by atomic mass is 10.1. The third kappa shape index (κ3) is 6.14. The number of para-hydroxylation sites is 2. The van der Waals surface area contributed by atoms with Crippen molar-refractivity contribution < 1.29 is 22.7 Å². The summed E-state index contributed by atoms with van der Waals surface area (Å²) in [5.41, 5.74) is 2.57. The smallest absolute Gasteiger partial charge is 0.422 e.